The zero-order chi connectivity index (χ0) is 15.1. The lowest BCUT2D eigenvalue weighted by Crippen LogP contribution is -2.34. The van der Waals surface area contributed by atoms with Crippen LogP contribution in [0.15, 0.2) is 24.3 Å². The van der Waals surface area contributed by atoms with Crippen molar-refractivity contribution in [1.82, 2.24) is 0 Å². The third kappa shape index (κ3) is 4.44. The summed E-state index contributed by atoms with van der Waals surface area (Å²) in [5, 5.41) is 0. The van der Waals surface area contributed by atoms with Crippen LogP contribution >= 0.6 is 0 Å². The number of methoxy groups -OCH3 is 1. The highest BCUT2D eigenvalue weighted by molar-refractivity contribution is 5.70. The van der Waals surface area contributed by atoms with Crippen LogP contribution in [0, 0.1) is 0 Å². The van der Waals surface area contributed by atoms with Gasteiger partial charge in [-0.05, 0) is 31.0 Å². The van der Waals surface area contributed by atoms with Gasteiger partial charge >= 0.3 is 5.97 Å². The Balaban J connectivity index is 1.94. The smallest absolute Gasteiger partial charge is 0.311 e. The third-order valence-electron chi connectivity index (χ3n) is 3.49. The van der Waals surface area contributed by atoms with Crippen molar-refractivity contribution in [3.05, 3.63) is 29.8 Å². The molecule has 1 aromatic carbocycles. The maximum atomic E-state index is 11.7. The van der Waals surface area contributed by atoms with Gasteiger partial charge in [0.2, 0.25) is 0 Å². The highest BCUT2D eigenvalue weighted by Crippen LogP contribution is 2.29. The van der Waals surface area contributed by atoms with Crippen molar-refractivity contribution in [2.75, 3.05) is 26.9 Å². The van der Waals surface area contributed by atoms with Crippen LogP contribution in [0.1, 0.15) is 25.3 Å². The van der Waals surface area contributed by atoms with E-state index in [1.54, 1.807) is 14.0 Å². The number of esters is 1. The van der Waals surface area contributed by atoms with Crippen LogP contribution in [0.4, 0.5) is 0 Å². The lowest BCUT2D eigenvalue weighted by molar-refractivity contribution is -0.184. The Morgan fingerprint density at radius 2 is 1.90 bits per heavy atom. The molecule has 1 aromatic rings. The van der Waals surface area contributed by atoms with Crippen molar-refractivity contribution in [2.45, 2.75) is 32.0 Å². The predicted molar refractivity (Wildman–Crippen MR) is 77.2 cm³/mol. The molecule has 0 amide bonds. The molecule has 1 saturated heterocycles. The van der Waals surface area contributed by atoms with Gasteiger partial charge in [0, 0.05) is 6.42 Å². The number of aryl methyl sites for hydroxylation is 1. The topological polar surface area (TPSA) is 54.0 Å². The van der Waals surface area contributed by atoms with Gasteiger partial charge in [-0.2, -0.15) is 0 Å². The molecule has 2 rings (SSSR count). The first-order valence-corrected chi connectivity index (χ1v) is 7.24. The largest absolute Gasteiger partial charge is 0.497 e. The molecule has 5 nitrogen and oxygen atoms in total. The van der Waals surface area contributed by atoms with E-state index in [1.807, 2.05) is 24.3 Å². The van der Waals surface area contributed by atoms with Gasteiger partial charge in [-0.15, -0.1) is 0 Å². The number of benzene rings is 1. The molecule has 0 bridgehead atoms. The summed E-state index contributed by atoms with van der Waals surface area (Å²) in [6.07, 6.45) is 1.53. The van der Waals surface area contributed by atoms with Crippen LogP contribution in [0.25, 0.3) is 0 Å². The van der Waals surface area contributed by atoms with E-state index in [2.05, 4.69) is 0 Å². The molecule has 0 radical (unpaired) electrons. The van der Waals surface area contributed by atoms with Gasteiger partial charge in [0.1, 0.15) is 5.75 Å². The summed E-state index contributed by atoms with van der Waals surface area (Å²) in [6.45, 7) is 3.19. The molecule has 0 saturated carbocycles. The lowest BCUT2D eigenvalue weighted by atomic mass is 10.0. The van der Waals surface area contributed by atoms with Gasteiger partial charge in [-0.1, -0.05) is 12.1 Å². The van der Waals surface area contributed by atoms with Gasteiger partial charge in [-0.3, -0.25) is 4.79 Å². The first kappa shape index (κ1) is 15.8. The summed E-state index contributed by atoms with van der Waals surface area (Å²) < 4.78 is 21.5. The predicted octanol–water partition coefficient (Wildman–Crippen LogP) is 2.32. The second-order valence-electron chi connectivity index (χ2n) is 4.94. The molecule has 21 heavy (non-hydrogen) atoms. The molecule has 1 aliphatic heterocycles. The minimum atomic E-state index is -0.841. The van der Waals surface area contributed by atoms with Crippen LogP contribution in [-0.4, -0.2) is 38.7 Å². The van der Waals surface area contributed by atoms with E-state index in [4.69, 9.17) is 18.9 Å². The zero-order valence-corrected chi connectivity index (χ0v) is 12.6. The minimum absolute atomic E-state index is 0.136. The van der Waals surface area contributed by atoms with Crippen LogP contribution in [0.5, 0.6) is 5.75 Å². The molecule has 5 heteroatoms. The number of rotatable bonds is 7. The molecule has 0 spiro atoms. The Morgan fingerprint density at radius 1 is 1.24 bits per heavy atom. The van der Waals surface area contributed by atoms with Crippen molar-refractivity contribution in [3.8, 4) is 5.75 Å². The van der Waals surface area contributed by atoms with Crippen molar-refractivity contribution in [1.29, 1.82) is 0 Å². The maximum Gasteiger partial charge on any atom is 0.311 e. The van der Waals surface area contributed by atoms with Crippen LogP contribution < -0.4 is 4.74 Å². The van der Waals surface area contributed by atoms with Gasteiger partial charge in [0.05, 0.1) is 33.4 Å². The van der Waals surface area contributed by atoms with E-state index < -0.39 is 5.79 Å². The van der Waals surface area contributed by atoms with E-state index in [0.29, 0.717) is 26.2 Å². The van der Waals surface area contributed by atoms with E-state index in [9.17, 15) is 4.79 Å². The number of hydrogen-bond donors (Lipinski definition) is 0. The first-order chi connectivity index (χ1) is 10.2. The average molecular weight is 294 g/mol. The van der Waals surface area contributed by atoms with Crippen molar-refractivity contribution in [3.63, 3.8) is 0 Å². The van der Waals surface area contributed by atoms with Crippen molar-refractivity contribution in [2.24, 2.45) is 0 Å². The standard InChI is InChI=1S/C16H22O5/c1-3-19-15(17)12-16(20-10-11-21-16)9-8-13-4-6-14(18-2)7-5-13/h4-7H,3,8-12H2,1-2H3. The van der Waals surface area contributed by atoms with Gasteiger partial charge < -0.3 is 18.9 Å². The molecule has 1 aliphatic rings. The highest BCUT2D eigenvalue weighted by Gasteiger charge is 2.39. The third-order valence-corrected chi connectivity index (χ3v) is 3.49. The lowest BCUT2D eigenvalue weighted by Gasteiger charge is -2.26. The number of ether oxygens (including phenoxy) is 4. The SMILES string of the molecule is CCOC(=O)CC1(CCc2ccc(OC)cc2)OCCO1. The molecular weight excluding hydrogens is 272 g/mol. The van der Waals surface area contributed by atoms with Crippen molar-refractivity contribution >= 4 is 5.97 Å². The quantitative estimate of drug-likeness (QED) is 0.722. The van der Waals surface area contributed by atoms with E-state index in [-0.39, 0.29) is 12.4 Å². The summed E-state index contributed by atoms with van der Waals surface area (Å²) in [4.78, 5) is 11.7. The van der Waals surface area contributed by atoms with Crippen LogP contribution in [0.3, 0.4) is 0 Å². The molecule has 0 aliphatic carbocycles. The fraction of sp³-hybridized carbons (Fsp3) is 0.562. The van der Waals surface area contributed by atoms with E-state index in [0.717, 1.165) is 17.7 Å². The second kappa shape index (κ2) is 7.43. The fourth-order valence-electron chi connectivity index (χ4n) is 2.39. The zero-order valence-electron chi connectivity index (χ0n) is 12.6. The Morgan fingerprint density at radius 3 is 2.48 bits per heavy atom. The normalized spacial score (nSPS) is 16.7. The molecule has 0 unspecified atom stereocenters. The second-order valence-corrected chi connectivity index (χ2v) is 4.94. The summed E-state index contributed by atoms with van der Waals surface area (Å²) in [5.74, 6) is -0.297. The Kier molecular flexibility index (Phi) is 5.59. The summed E-state index contributed by atoms with van der Waals surface area (Å²) in [6, 6.07) is 7.85. The molecule has 116 valence electrons. The number of hydrogen-bond acceptors (Lipinski definition) is 5. The molecule has 0 atom stereocenters. The van der Waals surface area contributed by atoms with Crippen LogP contribution in [0.2, 0.25) is 0 Å². The van der Waals surface area contributed by atoms with Crippen LogP contribution in [-0.2, 0) is 25.4 Å². The Labute approximate surface area is 125 Å². The fourth-order valence-corrected chi connectivity index (χ4v) is 2.39. The molecule has 0 N–H and O–H groups in total. The summed E-state index contributed by atoms with van der Waals surface area (Å²) in [5.41, 5.74) is 1.15. The van der Waals surface area contributed by atoms with Gasteiger partial charge in [0.25, 0.3) is 0 Å². The molecule has 1 heterocycles. The minimum Gasteiger partial charge on any atom is -0.497 e. The highest BCUT2D eigenvalue weighted by atomic mass is 16.7. The summed E-state index contributed by atoms with van der Waals surface area (Å²) in [7, 11) is 1.64. The maximum absolute atomic E-state index is 11.7. The van der Waals surface area contributed by atoms with Gasteiger partial charge in [-0.25, -0.2) is 0 Å². The van der Waals surface area contributed by atoms with Crippen molar-refractivity contribution < 1.29 is 23.7 Å². The Hall–Kier alpha value is -1.59. The molecule has 0 aromatic heterocycles. The van der Waals surface area contributed by atoms with E-state index >= 15 is 0 Å². The molecule has 1 fully saturated rings. The number of carbonyl (C=O) groups is 1. The Bertz CT molecular complexity index is 448. The first-order valence-electron chi connectivity index (χ1n) is 7.24. The monoisotopic (exact) mass is 294 g/mol. The number of carbonyl (C=O) groups excluding carboxylic acids is 1. The average Bonchev–Trinajstić information content (AvgIpc) is 2.95. The van der Waals surface area contributed by atoms with E-state index in [1.165, 1.54) is 0 Å². The van der Waals surface area contributed by atoms with Gasteiger partial charge in [0.15, 0.2) is 5.79 Å². The molecular formula is C16H22O5. The summed E-state index contributed by atoms with van der Waals surface area (Å²) >= 11 is 0.